The van der Waals surface area contributed by atoms with E-state index in [0.717, 1.165) is 12.3 Å². The number of rotatable bonds is 2. The van der Waals surface area contributed by atoms with Gasteiger partial charge >= 0.3 is 5.97 Å². The van der Waals surface area contributed by atoms with Gasteiger partial charge in [-0.15, -0.1) is 0 Å². The summed E-state index contributed by atoms with van der Waals surface area (Å²) in [5.41, 5.74) is 4.95. The topological polar surface area (TPSA) is 63.3 Å². The largest absolute Gasteiger partial charge is 0.480 e. The second kappa shape index (κ2) is 2.98. The van der Waals surface area contributed by atoms with Gasteiger partial charge < -0.3 is 10.8 Å². The molecule has 2 fully saturated rings. The summed E-state index contributed by atoms with van der Waals surface area (Å²) in [4.78, 5) is 10.9. The van der Waals surface area contributed by atoms with Crippen molar-refractivity contribution in [2.75, 3.05) is 0 Å². The van der Waals surface area contributed by atoms with E-state index in [2.05, 4.69) is 0 Å². The van der Waals surface area contributed by atoms with Crippen LogP contribution in [0.15, 0.2) is 0 Å². The van der Waals surface area contributed by atoms with Gasteiger partial charge in [-0.3, -0.25) is 4.79 Å². The Morgan fingerprint density at radius 3 is 2.54 bits per heavy atom. The minimum atomic E-state index is -0.911. The Hall–Kier alpha value is -0.570. The quantitative estimate of drug-likeness (QED) is 0.679. The van der Waals surface area contributed by atoms with Crippen LogP contribution < -0.4 is 5.73 Å². The maximum Gasteiger partial charge on any atom is 0.323 e. The number of aliphatic carboxylic acids is 1. The van der Waals surface area contributed by atoms with Gasteiger partial charge in [0.1, 0.15) is 5.54 Å². The molecule has 0 amide bonds. The molecule has 0 unspecified atom stereocenters. The Labute approximate surface area is 78.3 Å². The summed E-state index contributed by atoms with van der Waals surface area (Å²) >= 11 is 0. The molecule has 0 aromatic carbocycles. The fraction of sp³-hybridized carbons (Fsp3) is 0.900. The maximum atomic E-state index is 10.9. The van der Waals surface area contributed by atoms with Crippen molar-refractivity contribution >= 4 is 5.97 Å². The van der Waals surface area contributed by atoms with Gasteiger partial charge in [0.05, 0.1) is 0 Å². The van der Waals surface area contributed by atoms with Crippen molar-refractivity contribution in [1.82, 2.24) is 0 Å². The molecule has 74 valence electrons. The monoisotopic (exact) mass is 183 g/mol. The zero-order chi connectivity index (χ0) is 9.47. The summed E-state index contributed by atoms with van der Waals surface area (Å²) in [7, 11) is 0. The van der Waals surface area contributed by atoms with Crippen molar-refractivity contribution < 1.29 is 9.90 Å². The van der Waals surface area contributed by atoms with Crippen LogP contribution in [0.5, 0.6) is 0 Å². The predicted molar refractivity (Wildman–Crippen MR) is 49.2 cm³/mol. The normalized spacial score (nSPS) is 40.2. The molecular weight excluding hydrogens is 166 g/mol. The molecule has 0 heterocycles. The zero-order valence-electron chi connectivity index (χ0n) is 7.83. The fourth-order valence-corrected chi connectivity index (χ4v) is 2.52. The van der Waals surface area contributed by atoms with Crippen molar-refractivity contribution in [2.45, 2.75) is 44.1 Å². The third-order valence-electron chi connectivity index (χ3n) is 3.54. The van der Waals surface area contributed by atoms with E-state index in [0.29, 0.717) is 18.8 Å². The molecule has 13 heavy (non-hydrogen) atoms. The molecule has 0 aliphatic heterocycles. The molecular formula is C10H17NO2. The van der Waals surface area contributed by atoms with Gasteiger partial charge in [0.25, 0.3) is 0 Å². The minimum Gasteiger partial charge on any atom is -0.480 e. The van der Waals surface area contributed by atoms with E-state index in [1.165, 1.54) is 19.3 Å². The summed E-state index contributed by atoms with van der Waals surface area (Å²) in [5, 5.41) is 8.99. The van der Waals surface area contributed by atoms with E-state index in [1.807, 2.05) is 0 Å². The van der Waals surface area contributed by atoms with Gasteiger partial charge in [0.2, 0.25) is 0 Å². The lowest BCUT2D eigenvalue weighted by atomic mass is 9.74. The molecule has 3 N–H and O–H groups in total. The lowest BCUT2D eigenvalue weighted by Gasteiger charge is -2.34. The SMILES string of the molecule is N[C@@]1(C(=O)O)CCC[C@H](C2CC2)C1. The summed E-state index contributed by atoms with van der Waals surface area (Å²) < 4.78 is 0. The van der Waals surface area contributed by atoms with Crippen LogP contribution in [0.4, 0.5) is 0 Å². The number of carbonyl (C=O) groups is 1. The highest BCUT2D eigenvalue weighted by molar-refractivity contribution is 5.78. The first-order valence-electron chi connectivity index (χ1n) is 5.14. The van der Waals surface area contributed by atoms with Crippen LogP contribution in [0.3, 0.4) is 0 Å². The van der Waals surface area contributed by atoms with E-state index < -0.39 is 11.5 Å². The van der Waals surface area contributed by atoms with Crippen molar-refractivity contribution in [2.24, 2.45) is 17.6 Å². The smallest absolute Gasteiger partial charge is 0.323 e. The second-order valence-corrected chi connectivity index (χ2v) is 4.66. The summed E-state index contributed by atoms with van der Waals surface area (Å²) in [6.45, 7) is 0. The number of nitrogens with two attached hydrogens (primary N) is 1. The molecule has 0 aromatic heterocycles. The van der Waals surface area contributed by atoms with Gasteiger partial charge in [-0.05, 0) is 37.5 Å². The average molecular weight is 183 g/mol. The minimum absolute atomic E-state index is 0.592. The van der Waals surface area contributed by atoms with E-state index in [1.54, 1.807) is 0 Å². The van der Waals surface area contributed by atoms with E-state index in [-0.39, 0.29) is 0 Å². The third kappa shape index (κ3) is 1.70. The highest BCUT2D eigenvalue weighted by Crippen LogP contribution is 2.45. The molecule has 2 saturated carbocycles. The van der Waals surface area contributed by atoms with E-state index in [9.17, 15) is 4.79 Å². The van der Waals surface area contributed by atoms with Crippen molar-refractivity contribution in [3.05, 3.63) is 0 Å². The Balaban J connectivity index is 2.01. The average Bonchev–Trinajstić information content (AvgIpc) is 2.86. The number of hydrogen-bond acceptors (Lipinski definition) is 2. The standard InChI is InChI=1S/C10H17NO2/c11-10(9(12)13)5-1-2-8(6-10)7-3-4-7/h7-8H,1-6,11H2,(H,12,13)/t8-,10-/m0/s1. The Kier molecular flexibility index (Phi) is 2.06. The van der Waals surface area contributed by atoms with Gasteiger partial charge in [0.15, 0.2) is 0 Å². The molecule has 2 aliphatic rings. The van der Waals surface area contributed by atoms with Crippen LogP contribution in [0, 0.1) is 11.8 Å². The molecule has 0 saturated heterocycles. The summed E-state index contributed by atoms with van der Waals surface area (Å²) in [6, 6.07) is 0. The van der Waals surface area contributed by atoms with Crippen LogP contribution in [-0.2, 0) is 4.79 Å². The molecule has 0 aromatic rings. The highest BCUT2D eigenvalue weighted by Gasteiger charge is 2.43. The molecule has 0 bridgehead atoms. The highest BCUT2D eigenvalue weighted by atomic mass is 16.4. The Morgan fingerprint density at radius 1 is 1.31 bits per heavy atom. The second-order valence-electron chi connectivity index (χ2n) is 4.66. The first-order valence-corrected chi connectivity index (χ1v) is 5.14. The zero-order valence-corrected chi connectivity index (χ0v) is 7.83. The first-order chi connectivity index (χ1) is 6.12. The lowest BCUT2D eigenvalue weighted by Crippen LogP contribution is -2.51. The molecule has 3 heteroatoms. The maximum absolute atomic E-state index is 10.9. The number of hydrogen-bond donors (Lipinski definition) is 2. The van der Waals surface area contributed by atoms with Crippen LogP contribution in [0.25, 0.3) is 0 Å². The van der Waals surface area contributed by atoms with Gasteiger partial charge in [0, 0.05) is 0 Å². The molecule has 0 radical (unpaired) electrons. The molecule has 0 spiro atoms. The van der Waals surface area contributed by atoms with Gasteiger partial charge in [-0.1, -0.05) is 12.8 Å². The van der Waals surface area contributed by atoms with E-state index in [4.69, 9.17) is 10.8 Å². The van der Waals surface area contributed by atoms with E-state index >= 15 is 0 Å². The fourth-order valence-electron chi connectivity index (χ4n) is 2.52. The first kappa shape index (κ1) is 9.00. The van der Waals surface area contributed by atoms with Crippen molar-refractivity contribution in [1.29, 1.82) is 0 Å². The van der Waals surface area contributed by atoms with Crippen molar-refractivity contribution in [3.63, 3.8) is 0 Å². The summed E-state index contributed by atoms with van der Waals surface area (Å²) in [6.07, 6.45) is 6.13. The molecule has 2 atom stereocenters. The van der Waals surface area contributed by atoms with Crippen LogP contribution >= 0.6 is 0 Å². The molecule has 2 aliphatic carbocycles. The Bertz CT molecular complexity index is 225. The van der Waals surface area contributed by atoms with Crippen LogP contribution in [-0.4, -0.2) is 16.6 Å². The van der Waals surface area contributed by atoms with Gasteiger partial charge in [-0.2, -0.15) is 0 Å². The molecule has 3 nitrogen and oxygen atoms in total. The number of carboxylic acids is 1. The van der Waals surface area contributed by atoms with Crippen LogP contribution in [0.2, 0.25) is 0 Å². The predicted octanol–water partition coefficient (Wildman–Crippen LogP) is 1.37. The Morgan fingerprint density at radius 2 is 2.00 bits per heavy atom. The van der Waals surface area contributed by atoms with Crippen LogP contribution in [0.1, 0.15) is 38.5 Å². The lowest BCUT2D eigenvalue weighted by molar-refractivity contribution is -0.145. The number of carboxylic acid groups (broad SMARTS) is 1. The summed E-state index contributed by atoms with van der Waals surface area (Å²) in [5.74, 6) is 0.579. The van der Waals surface area contributed by atoms with Gasteiger partial charge in [-0.25, -0.2) is 0 Å². The molecule has 2 rings (SSSR count). The third-order valence-corrected chi connectivity index (χ3v) is 3.54. The van der Waals surface area contributed by atoms with Crippen molar-refractivity contribution in [3.8, 4) is 0 Å².